The SMILES string of the molecule is NC1CCC(C(=O)NCC2(N3CCCCC3)CCCCC2)C1. The van der Waals surface area contributed by atoms with Crippen molar-refractivity contribution in [3.05, 3.63) is 0 Å². The van der Waals surface area contributed by atoms with Crippen LogP contribution in [-0.2, 0) is 4.79 Å². The number of hydrogen-bond acceptors (Lipinski definition) is 3. The number of carbonyl (C=O) groups excluding carboxylic acids is 1. The zero-order chi connectivity index (χ0) is 15.4. The molecule has 22 heavy (non-hydrogen) atoms. The number of carbonyl (C=O) groups is 1. The van der Waals surface area contributed by atoms with E-state index in [0.717, 1.165) is 25.8 Å². The minimum Gasteiger partial charge on any atom is -0.354 e. The Labute approximate surface area is 135 Å². The molecule has 126 valence electrons. The van der Waals surface area contributed by atoms with Crippen LogP contribution in [0, 0.1) is 5.92 Å². The highest BCUT2D eigenvalue weighted by Crippen LogP contribution is 2.35. The van der Waals surface area contributed by atoms with E-state index in [2.05, 4.69) is 10.2 Å². The summed E-state index contributed by atoms with van der Waals surface area (Å²) in [6.45, 7) is 3.31. The predicted molar refractivity (Wildman–Crippen MR) is 89.6 cm³/mol. The molecule has 0 aromatic heterocycles. The van der Waals surface area contributed by atoms with E-state index in [4.69, 9.17) is 5.73 Å². The topological polar surface area (TPSA) is 58.4 Å². The molecule has 2 saturated carbocycles. The summed E-state index contributed by atoms with van der Waals surface area (Å²) in [5, 5.41) is 3.32. The smallest absolute Gasteiger partial charge is 0.223 e. The first kappa shape index (κ1) is 16.3. The second-order valence-electron chi connectivity index (χ2n) is 7.82. The first-order valence-corrected chi connectivity index (χ1v) is 9.48. The Balaban J connectivity index is 1.59. The first-order valence-electron chi connectivity index (χ1n) is 9.48. The lowest BCUT2D eigenvalue weighted by atomic mass is 9.79. The Hall–Kier alpha value is -0.610. The maximum absolute atomic E-state index is 12.5. The second kappa shape index (κ2) is 7.31. The summed E-state index contributed by atoms with van der Waals surface area (Å²) in [5.41, 5.74) is 6.20. The van der Waals surface area contributed by atoms with Gasteiger partial charge in [-0.3, -0.25) is 9.69 Å². The molecule has 4 heteroatoms. The van der Waals surface area contributed by atoms with Crippen LogP contribution in [-0.4, -0.2) is 42.0 Å². The van der Waals surface area contributed by atoms with Gasteiger partial charge in [0, 0.05) is 24.0 Å². The molecule has 0 bridgehead atoms. The van der Waals surface area contributed by atoms with Crippen LogP contribution < -0.4 is 11.1 Å². The average Bonchev–Trinajstić information content (AvgIpc) is 3.01. The van der Waals surface area contributed by atoms with Gasteiger partial charge in [0.05, 0.1) is 0 Å². The molecule has 2 aliphatic carbocycles. The highest BCUT2D eigenvalue weighted by Gasteiger charge is 2.39. The van der Waals surface area contributed by atoms with Crippen molar-refractivity contribution in [1.82, 2.24) is 10.2 Å². The predicted octanol–water partition coefficient (Wildman–Crippen LogP) is 2.42. The summed E-state index contributed by atoms with van der Waals surface area (Å²) >= 11 is 0. The second-order valence-corrected chi connectivity index (χ2v) is 7.82. The van der Waals surface area contributed by atoms with Gasteiger partial charge >= 0.3 is 0 Å². The molecule has 3 rings (SSSR count). The van der Waals surface area contributed by atoms with Gasteiger partial charge in [-0.25, -0.2) is 0 Å². The molecule has 3 N–H and O–H groups in total. The summed E-state index contributed by atoms with van der Waals surface area (Å²) in [6, 6.07) is 0.237. The number of likely N-dealkylation sites (tertiary alicyclic amines) is 1. The van der Waals surface area contributed by atoms with Crippen LogP contribution in [0.25, 0.3) is 0 Å². The van der Waals surface area contributed by atoms with Crippen molar-refractivity contribution in [2.45, 2.75) is 82.2 Å². The van der Waals surface area contributed by atoms with Gasteiger partial charge in [-0.05, 0) is 58.0 Å². The quantitative estimate of drug-likeness (QED) is 0.838. The molecule has 4 nitrogen and oxygen atoms in total. The van der Waals surface area contributed by atoms with Crippen LogP contribution in [0.5, 0.6) is 0 Å². The normalized spacial score (nSPS) is 32.8. The minimum absolute atomic E-state index is 0.164. The lowest BCUT2D eigenvalue weighted by molar-refractivity contribution is -0.125. The number of amides is 1. The van der Waals surface area contributed by atoms with E-state index in [1.165, 1.54) is 64.5 Å². The molecular weight excluding hydrogens is 274 g/mol. The van der Waals surface area contributed by atoms with Gasteiger partial charge in [-0.1, -0.05) is 25.7 Å². The van der Waals surface area contributed by atoms with E-state index in [-0.39, 0.29) is 23.4 Å². The van der Waals surface area contributed by atoms with E-state index >= 15 is 0 Å². The van der Waals surface area contributed by atoms with Gasteiger partial charge in [-0.15, -0.1) is 0 Å². The van der Waals surface area contributed by atoms with Crippen LogP contribution in [0.2, 0.25) is 0 Å². The first-order chi connectivity index (χ1) is 10.7. The fourth-order valence-electron chi connectivity index (χ4n) is 4.83. The zero-order valence-corrected chi connectivity index (χ0v) is 14.0. The Morgan fingerprint density at radius 1 is 1.05 bits per heavy atom. The zero-order valence-electron chi connectivity index (χ0n) is 14.0. The van der Waals surface area contributed by atoms with Crippen LogP contribution >= 0.6 is 0 Å². The summed E-state index contributed by atoms with van der Waals surface area (Å²) < 4.78 is 0. The molecule has 1 heterocycles. The minimum atomic E-state index is 0.164. The number of rotatable bonds is 4. The van der Waals surface area contributed by atoms with E-state index in [1.807, 2.05) is 0 Å². The molecule has 1 saturated heterocycles. The average molecular weight is 307 g/mol. The lowest BCUT2D eigenvalue weighted by Crippen LogP contribution is -2.58. The molecular formula is C18H33N3O. The number of nitrogens with two attached hydrogens (primary N) is 1. The molecule has 0 spiro atoms. The van der Waals surface area contributed by atoms with Crippen LogP contribution in [0.3, 0.4) is 0 Å². The third-order valence-electron chi connectivity index (χ3n) is 6.25. The van der Waals surface area contributed by atoms with E-state index < -0.39 is 0 Å². The highest BCUT2D eigenvalue weighted by molar-refractivity contribution is 5.79. The molecule has 1 aliphatic heterocycles. The standard InChI is InChI=1S/C18H33N3O/c19-16-8-7-15(13-16)17(22)20-14-18(9-3-1-4-10-18)21-11-5-2-6-12-21/h15-16H,1-14,19H2,(H,20,22). The van der Waals surface area contributed by atoms with Gasteiger partial charge in [0.15, 0.2) is 0 Å². The molecule has 2 unspecified atom stereocenters. The molecule has 0 aromatic rings. The largest absolute Gasteiger partial charge is 0.354 e. The summed E-state index contributed by atoms with van der Waals surface area (Å²) in [5.74, 6) is 0.423. The fourth-order valence-corrected chi connectivity index (χ4v) is 4.83. The van der Waals surface area contributed by atoms with Gasteiger partial charge in [0.25, 0.3) is 0 Å². The van der Waals surface area contributed by atoms with Gasteiger partial charge in [-0.2, -0.15) is 0 Å². The summed E-state index contributed by atoms with van der Waals surface area (Å²) in [4.78, 5) is 15.2. The number of nitrogens with one attached hydrogen (secondary N) is 1. The molecule has 3 aliphatic rings. The fraction of sp³-hybridized carbons (Fsp3) is 0.944. The molecule has 2 atom stereocenters. The Kier molecular flexibility index (Phi) is 5.40. The Bertz CT molecular complexity index is 373. The maximum Gasteiger partial charge on any atom is 0.223 e. The van der Waals surface area contributed by atoms with Crippen molar-refractivity contribution < 1.29 is 4.79 Å². The Morgan fingerprint density at radius 2 is 1.73 bits per heavy atom. The van der Waals surface area contributed by atoms with Gasteiger partial charge in [0.1, 0.15) is 0 Å². The molecule has 3 fully saturated rings. The van der Waals surface area contributed by atoms with Crippen molar-refractivity contribution in [2.75, 3.05) is 19.6 Å². The van der Waals surface area contributed by atoms with Gasteiger partial charge < -0.3 is 11.1 Å². The maximum atomic E-state index is 12.5. The highest BCUT2D eigenvalue weighted by atomic mass is 16.1. The summed E-state index contributed by atoms with van der Waals surface area (Å²) in [7, 11) is 0. The Morgan fingerprint density at radius 3 is 2.36 bits per heavy atom. The molecule has 0 aromatic carbocycles. The summed E-state index contributed by atoms with van der Waals surface area (Å²) in [6.07, 6.45) is 13.4. The monoisotopic (exact) mass is 307 g/mol. The van der Waals surface area contributed by atoms with Crippen molar-refractivity contribution in [2.24, 2.45) is 11.7 Å². The third kappa shape index (κ3) is 3.65. The van der Waals surface area contributed by atoms with Crippen molar-refractivity contribution in [3.63, 3.8) is 0 Å². The number of hydrogen-bond donors (Lipinski definition) is 2. The van der Waals surface area contributed by atoms with Crippen molar-refractivity contribution >= 4 is 5.91 Å². The molecule has 0 radical (unpaired) electrons. The number of nitrogens with zero attached hydrogens (tertiary/aromatic N) is 1. The molecule has 1 amide bonds. The lowest BCUT2D eigenvalue weighted by Gasteiger charge is -2.48. The van der Waals surface area contributed by atoms with E-state index in [9.17, 15) is 4.79 Å². The van der Waals surface area contributed by atoms with E-state index in [1.54, 1.807) is 0 Å². The number of piperidine rings is 1. The van der Waals surface area contributed by atoms with Crippen LogP contribution in [0.15, 0.2) is 0 Å². The third-order valence-corrected chi connectivity index (χ3v) is 6.25. The van der Waals surface area contributed by atoms with Crippen molar-refractivity contribution in [3.8, 4) is 0 Å². The van der Waals surface area contributed by atoms with Gasteiger partial charge in [0.2, 0.25) is 5.91 Å². The van der Waals surface area contributed by atoms with Crippen LogP contribution in [0.1, 0.15) is 70.6 Å². The van der Waals surface area contributed by atoms with E-state index in [0.29, 0.717) is 0 Å². The van der Waals surface area contributed by atoms with Crippen LogP contribution in [0.4, 0.5) is 0 Å². The van der Waals surface area contributed by atoms with Crippen molar-refractivity contribution in [1.29, 1.82) is 0 Å².